The fourth-order valence-corrected chi connectivity index (χ4v) is 1.63. The van der Waals surface area contributed by atoms with E-state index in [1.807, 2.05) is 0 Å². The number of furan rings is 1. The summed E-state index contributed by atoms with van der Waals surface area (Å²) in [6.45, 7) is 1.51. The van der Waals surface area contributed by atoms with Gasteiger partial charge in [-0.3, -0.25) is 0 Å². The molecular weight excluding hydrogens is 263 g/mol. The van der Waals surface area contributed by atoms with Crippen molar-refractivity contribution in [1.29, 1.82) is 0 Å². The van der Waals surface area contributed by atoms with Crippen molar-refractivity contribution in [2.75, 3.05) is 11.9 Å². The number of halogens is 1. The maximum atomic E-state index is 12.7. The molecule has 1 atom stereocenters. The summed E-state index contributed by atoms with van der Waals surface area (Å²) in [6.07, 6.45) is 1.45. The van der Waals surface area contributed by atoms with Crippen LogP contribution in [0.15, 0.2) is 47.1 Å². The van der Waals surface area contributed by atoms with Crippen LogP contribution < -0.4 is 10.6 Å². The third-order valence-electron chi connectivity index (χ3n) is 2.75. The number of urea groups is 1. The van der Waals surface area contributed by atoms with E-state index >= 15 is 0 Å². The number of carbonyl (C=O) groups is 1. The third kappa shape index (κ3) is 3.58. The van der Waals surface area contributed by atoms with Gasteiger partial charge >= 0.3 is 6.03 Å². The summed E-state index contributed by atoms with van der Waals surface area (Å²) < 4.78 is 17.8. The smallest absolute Gasteiger partial charge is 0.319 e. The second kappa shape index (κ2) is 5.75. The average Bonchev–Trinajstić information content (AvgIpc) is 2.94. The Balaban J connectivity index is 1.88. The molecule has 0 aliphatic carbocycles. The van der Waals surface area contributed by atoms with Crippen LogP contribution in [0, 0.1) is 5.82 Å². The van der Waals surface area contributed by atoms with E-state index in [1.54, 1.807) is 12.1 Å². The van der Waals surface area contributed by atoms with Crippen molar-refractivity contribution < 1.29 is 18.7 Å². The fraction of sp³-hybridized carbons (Fsp3) is 0.214. The molecule has 20 heavy (non-hydrogen) atoms. The lowest BCUT2D eigenvalue weighted by molar-refractivity contribution is 0.0372. The summed E-state index contributed by atoms with van der Waals surface area (Å²) in [5, 5.41) is 15.2. The highest BCUT2D eigenvalue weighted by Crippen LogP contribution is 2.19. The van der Waals surface area contributed by atoms with E-state index in [2.05, 4.69) is 10.6 Å². The van der Waals surface area contributed by atoms with Crippen molar-refractivity contribution in [2.45, 2.75) is 12.5 Å². The minimum absolute atomic E-state index is 0.0203. The van der Waals surface area contributed by atoms with Gasteiger partial charge in [0, 0.05) is 5.69 Å². The molecule has 1 aromatic heterocycles. The summed E-state index contributed by atoms with van der Waals surface area (Å²) in [6, 6.07) is 8.16. The van der Waals surface area contributed by atoms with Crippen LogP contribution in [0.1, 0.15) is 12.7 Å². The van der Waals surface area contributed by atoms with E-state index in [4.69, 9.17) is 4.42 Å². The Bertz CT molecular complexity index is 565. The molecule has 3 N–H and O–H groups in total. The minimum atomic E-state index is -1.30. The summed E-state index contributed by atoms with van der Waals surface area (Å²) in [5.41, 5.74) is -0.842. The Morgan fingerprint density at radius 2 is 2.05 bits per heavy atom. The van der Waals surface area contributed by atoms with Gasteiger partial charge < -0.3 is 20.2 Å². The van der Waals surface area contributed by atoms with E-state index in [0.29, 0.717) is 11.4 Å². The van der Waals surface area contributed by atoms with Gasteiger partial charge in [0.2, 0.25) is 0 Å². The lowest BCUT2D eigenvalue weighted by Crippen LogP contribution is -2.40. The molecule has 0 fully saturated rings. The maximum absolute atomic E-state index is 12.7. The van der Waals surface area contributed by atoms with Crippen LogP contribution in [0.3, 0.4) is 0 Å². The van der Waals surface area contributed by atoms with Gasteiger partial charge in [-0.1, -0.05) is 0 Å². The standard InChI is InChI=1S/C14H15FN2O3/c1-14(19,12-3-2-8-20-12)9-16-13(18)17-11-6-4-10(15)5-7-11/h2-8,19H,9H2,1H3,(H2,16,17,18). The summed E-state index contributed by atoms with van der Waals surface area (Å²) >= 11 is 0. The molecule has 2 aromatic rings. The second-order valence-corrected chi connectivity index (χ2v) is 4.57. The van der Waals surface area contributed by atoms with Gasteiger partial charge in [-0.15, -0.1) is 0 Å². The molecule has 2 amide bonds. The summed E-state index contributed by atoms with van der Waals surface area (Å²) in [4.78, 5) is 11.7. The Labute approximate surface area is 115 Å². The van der Waals surface area contributed by atoms with Crippen LogP contribution in [-0.2, 0) is 5.60 Å². The average molecular weight is 278 g/mol. The van der Waals surface area contributed by atoms with Crippen molar-refractivity contribution in [3.05, 3.63) is 54.2 Å². The van der Waals surface area contributed by atoms with E-state index in [1.165, 1.54) is 37.5 Å². The highest BCUT2D eigenvalue weighted by atomic mass is 19.1. The molecule has 0 saturated heterocycles. The van der Waals surface area contributed by atoms with E-state index < -0.39 is 11.6 Å². The molecule has 5 nitrogen and oxygen atoms in total. The van der Waals surface area contributed by atoms with Gasteiger partial charge in [0.1, 0.15) is 17.2 Å². The van der Waals surface area contributed by atoms with Crippen molar-refractivity contribution in [1.82, 2.24) is 5.32 Å². The molecule has 0 saturated carbocycles. The highest BCUT2D eigenvalue weighted by molar-refractivity contribution is 5.89. The highest BCUT2D eigenvalue weighted by Gasteiger charge is 2.26. The van der Waals surface area contributed by atoms with Gasteiger partial charge in [-0.2, -0.15) is 0 Å². The van der Waals surface area contributed by atoms with E-state index in [-0.39, 0.29) is 12.4 Å². The topological polar surface area (TPSA) is 74.5 Å². The molecule has 0 radical (unpaired) electrons. The van der Waals surface area contributed by atoms with Crippen LogP contribution in [-0.4, -0.2) is 17.7 Å². The summed E-state index contributed by atoms with van der Waals surface area (Å²) in [5.74, 6) is -0.0173. The number of hydrogen-bond donors (Lipinski definition) is 3. The minimum Gasteiger partial charge on any atom is -0.466 e. The lowest BCUT2D eigenvalue weighted by Gasteiger charge is -2.21. The van der Waals surface area contributed by atoms with Crippen LogP contribution in [0.4, 0.5) is 14.9 Å². The largest absolute Gasteiger partial charge is 0.466 e. The second-order valence-electron chi connectivity index (χ2n) is 4.57. The predicted octanol–water partition coefficient (Wildman–Crippen LogP) is 2.45. The zero-order chi connectivity index (χ0) is 14.6. The molecular formula is C14H15FN2O3. The summed E-state index contributed by atoms with van der Waals surface area (Å²) in [7, 11) is 0. The zero-order valence-corrected chi connectivity index (χ0v) is 10.9. The lowest BCUT2D eigenvalue weighted by atomic mass is 10.0. The Morgan fingerprint density at radius 1 is 1.35 bits per heavy atom. The van der Waals surface area contributed by atoms with Crippen LogP contribution in [0.5, 0.6) is 0 Å². The van der Waals surface area contributed by atoms with Gasteiger partial charge in [-0.25, -0.2) is 9.18 Å². The molecule has 2 rings (SSSR count). The van der Waals surface area contributed by atoms with E-state index in [0.717, 1.165) is 0 Å². The van der Waals surface area contributed by atoms with Gasteiger partial charge in [0.05, 0.1) is 12.8 Å². The number of nitrogens with one attached hydrogen (secondary N) is 2. The van der Waals surface area contributed by atoms with Crippen molar-refractivity contribution in [3.8, 4) is 0 Å². The predicted molar refractivity (Wildman–Crippen MR) is 71.7 cm³/mol. The van der Waals surface area contributed by atoms with Crippen LogP contribution in [0.25, 0.3) is 0 Å². The first-order chi connectivity index (χ1) is 9.47. The Hall–Kier alpha value is -2.34. The molecule has 1 aromatic carbocycles. The Morgan fingerprint density at radius 3 is 2.65 bits per heavy atom. The quantitative estimate of drug-likeness (QED) is 0.804. The maximum Gasteiger partial charge on any atom is 0.319 e. The SMILES string of the molecule is CC(O)(CNC(=O)Nc1ccc(F)cc1)c1ccco1. The first kappa shape index (κ1) is 14.1. The van der Waals surface area contributed by atoms with Crippen LogP contribution >= 0.6 is 0 Å². The molecule has 106 valence electrons. The monoisotopic (exact) mass is 278 g/mol. The van der Waals surface area contributed by atoms with Gasteiger partial charge in [-0.05, 0) is 43.3 Å². The third-order valence-corrected chi connectivity index (χ3v) is 2.75. The van der Waals surface area contributed by atoms with Crippen molar-refractivity contribution >= 4 is 11.7 Å². The number of benzene rings is 1. The first-order valence-corrected chi connectivity index (χ1v) is 6.04. The molecule has 0 aliphatic heterocycles. The number of rotatable bonds is 4. The zero-order valence-electron chi connectivity index (χ0n) is 10.9. The molecule has 1 unspecified atom stereocenters. The number of aliphatic hydroxyl groups is 1. The molecule has 0 spiro atoms. The molecule has 0 bridgehead atoms. The number of anilines is 1. The fourth-order valence-electron chi connectivity index (χ4n) is 1.63. The molecule has 6 heteroatoms. The number of amides is 2. The van der Waals surface area contributed by atoms with Crippen molar-refractivity contribution in [2.24, 2.45) is 0 Å². The Kier molecular flexibility index (Phi) is 4.05. The molecule has 0 aliphatic rings. The first-order valence-electron chi connectivity index (χ1n) is 6.04. The van der Waals surface area contributed by atoms with Gasteiger partial charge in [0.15, 0.2) is 0 Å². The van der Waals surface area contributed by atoms with E-state index in [9.17, 15) is 14.3 Å². The molecule has 1 heterocycles. The number of hydrogen-bond acceptors (Lipinski definition) is 3. The number of carbonyl (C=O) groups excluding carboxylic acids is 1. The normalized spacial score (nSPS) is 13.6. The van der Waals surface area contributed by atoms with Crippen LogP contribution in [0.2, 0.25) is 0 Å². The van der Waals surface area contributed by atoms with Crippen molar-refractivity contribution in [3.63, 3.8) is 0 Å². The van der Waals surface area contributed by atoms with Gasteiger partial charge in [0.25, 0.3) is 0 Å².